The molecule has 0 saturated carbocycles. The molecule has 3 aliphatic heterocycles. The number of carbonyl (C=O) groups excluding carboxylic acids is 3. The number of carbonyl (C=O) groups is 3. The Bertz CT molecular complexity index is 895. The first-order valence-electron chi connectivity index (χ1n) is 10.3. The Kier molecular flexibility index (Phi) is 5.45. The molecular formula is C21H26N6O3. The van der Waals surface area contributed by atoms with Crippen LogP contribution in [0.4, 0.5) is 0 Å². The maximum absolute atomic E-state index is 12.9. The molecule has 30 heavy (non-hydrogen) atoms. The minimum absolute atomic E-state index is 0.0425. The molecule has 0 aliphatic carbocycles. The van der Waals surface area contributed by atoms with Gasteiger partial charge in [0.2, 0.25) is 17.7 Å². The summed E-state index contributed by atoms with van der Waals surface area (Å²) in [7, 11) is 0. The zero-order valence-corrected chi connectivity index (χ0v) is 16.7. The molecule has 0 spiro atoms. The van der Waals surface area contributed by atoms with Crippen molar-refractivity contribution < 1.29 is 14.4 Å². The molecule has 0 radical (unpaired) electrons. The zero-order valence-electron chi connectivity index (χ0n) is 16.7. The first-order valence-corrected chi connectivity index (χ1v) is 10.3. The lowest BCUT2D eigenvalue weighted by atomic mass is 10.1. The summed E-state index contributed by atoms with van der Waals surface area (Å²) in [5.74, 6) is -0.643. The molecule has 3 heterocycles. The quantitative estimate of drug-likeness (QED) is 0.643. The molecule has 3 amide bonds. The standard InChI is InChI=1S/C21H26N6O3/c22-9-15-2-1-7-26(15)20(29)17(23)12-25-11-16-8-18(25)21(30)27(16)10-13-3-5-14(6-4-13)19(24)28/h3-6,15-18H,1-2,7-8,10-12,23H2,(H2,24,28)/t15-,16?,17-,18+/m0/s1. The van der Waals surface area contributed by atoms with Crippen LogP contribution in [0, 0.1) is 11.3 Å². The molecule has 4 atom stereocenters. The van der Waals surface area contributed by atoms with Crippen LogP contribution in [-0.4, -0.2) is 76.2 Å². The number of benzene rings is 1. The van der Waals surface area contributed by atoms with E-state index in [0.717, 1.165) is 18.4 Å². The van der Waals surface area contributed by atoms with E-state index in [1.165, 1.54) is 0 Å². The van der Waals surface area contributed by atoms with Gasteiger partial charge in [0.25, 0.3) is 0 Å². The second-order valence-electron chi connectivity index (χ2n) is 8.31. The number of piperazine rings is 1. The molecule has 2 bridgehead atoms. The lowest BCUT2D eigenvalue weighted by Gasteiger charge is -2.35. The van der Waals surface area contributed by atoms with E-state index in [1.54, 1.807) is 17.0 Å². The summed E-state index contributed by atoms with van der Waals surface area (Å²) in [6.07, 6.45) is 2.24. The van der Waals surface area contributed by atoms with Crippen molar-refractivity contribution in [3.63, 3.8) is 0 Å². The second-order valence-corrected chi connectivity index (χ2v) is 8.31. The van der Waals surface area contributed by atoms with Crippen LogP contribution in [0.2, 0.25) is 0 Å². The van der Waals surface area contributed by atoms with Gasteiger partial charge < -0.3 is 21.3 Å². The van der Waals surface area contributed by atoms with E-state index in [-0.39, 0.29) is 23.9 Å². The van der Waals surface area contributed by atoms with Gasteiger partial charge in [-0.1, -0.05) is 12.1 Å². The largest absolute Gasteiger partial charge is 0.366 e. The summed E-state index contributed by atoms with van der Waals surface area (Å²) < 4.78 is 0. The van der Waals surface area contributed by atoms with E-state index in [9.17, 15) is 19.6 Å². The number of hydrogen-bond donors (Lipinski definition) is 2. The summed E-state index contributed by atoms with van der Waals surface area (Å²) >= 11 is 0. The van der Waals surface area contributed by atoms with Gasteiger partial charge in [-0.15, -0.1) is 0 Å². The molecule has 3 fully saturated rings. The van der Waals surface area contributed by atoms with Crippen molar-refractivity contribution in [2.45, 2.75) is 50.0 Å². The fraction of sp³-hybridized carbons (Fsp3) is 0.524. The Morgan fingerprint density at radius 1 is 1.27 bits per heavy atom. The lowest BCUT2D eigenvalue weighted by molar-refractivity contribution is -0.139. The smallest absolute Gasteiger partial charge is 0.248 e. The minimum Gasteiger partial charge on any atom is -0.366 e. The normalized spacial score (nSPS) is 26.8. The SMILES string of the molecule is N#C[C@@H]1CCCN1C(=O)[C@@H](N)CN1CC2C[C@@H]1C(=O)N2Cc1ccc(C(N)=O)cc1. The van der Waals surface area contributed by atoms with E-state index in [2.05, 4.69) is 6.07 Å². The van der Waals surface area contributed by atoms with Gasteiger partial charge in [-0.2, -0.15) is 5.26 Å². The van der Waals surface area contributed by atoms with E-state index in [1.807, 2.05) is 21.9 Å². The van der Waals surface area contributed by atoms with Gasteiger partial charge in [-0.25, -0.2) is 0 Å². The summed E-state index contributed by atoms with van der Waals surface area (Å²) in [4.78, 5) is 42.2. The van der Waals surface area contributed by atoms with Crippen LogP contribution < -0.4 is 11.5 Å². The molecule has 9 nitrogen and oxygen atoms in total. The number of fused-ring (bicyclic) bond motifs is 2. The number of likely N-dealkylation sites (tertiary alicyclic amines) is 3. The molecule has 1 aromatic rings. The van der Waals surface area contributed by atoms with Gasteiger partial charge >= 0.3 is 0 Å². The van der Waals surface area contributed by atoms with Crippen LogP contribution in [0.1, 0.15) is 35.2 Å². The maximum Gasteiger partial charge on any atom is 0.248 e. The second kappa shape index (κ2) is 8.05. The average molecular weight is 410 g/mol. The van der Waals surface area contributed by atoms with Gasteiger partial charge in [0.15, 0.2) is 0 Å². The highest BCUT2D eigenvalue weighted by atomic mass is 16.2. The van der Waals surface area contributed by atoms with Crippen molar-refractivity contribution in [2.24, 2.45) is 11.5 Å². The molecule has 1 unspecified atom stereocenters. The van der Waals surface area contributed by atoms with Gasteiger partial charge in [-0.05, 0) is 37.0 Å². The summed E-state index contributed by atoms with van der Waals surface area (Å²) in [6.45, 7) is 2.05. The van der Waals surface area contributed by atoms with Crippen LogP contribution >= 0.6 is 0 Å². The Hall–Kier alpha value is -2.96. The Labute approximate surface area is 175 Å². The van der Waals surface area contributed by atoms with Crippen LogP contribution in [-0.2, 0) is 16.1 Å². The van der Waals surface area contributed by atoms with Gasteiger partial charge in [0.05, 0.1) is 18.2 Å². The maximum atomic E-state index is 12.9. The van der Waals surface area contributed by atoms with Crippen molar-refractivity contribution >= 4 is 17.7 Å². The zero-order chi connectivity index (χ0) is 21.4. The van der Waals surface area contributed by atoms with Crippen LogP contribution in [0.3, 0.4) is 0 Å². The van der Waals surface area contributed by atoms with Crippen molar-refractivity contribution in [1.82, 2.24) is 14.7 Å². The fourth-order valence-corrected chi connectivity index (χ4v) is 4.82. The van der Waals surface area contributed by atoms with E-state index >= 15 is 0 Å². The monoisotopic (exact) mass is 410 g/mol. The van der Waals surface area contributed by atoms with Crippen LogP contribution in [0.25, 0.3) is 0 Å². The van der Waals surface area contributed by atoms with Crippen molar-refractivity contribution in [3.8, 4) is 6.07 Å². The lowest BCUT2D eigenvalue weighted by Crippen LogP contribution is -2.56. The van der Waals surface area contributed by atoms with E-state index in [0.29, 0.717) is 38.2 Å². The molecule has 158 valence electrons. The Morgan fingerprint density at radius 3 is 2.63 bits per heavy atom. The highest BCUT2D eigenvalue weighted by Gasteiger charge is 2.50. The third kappa shape index (κ3) is 3.64. The number of rotatable bonds is 6. The molecule has 4 N–H and O–H groups in total. The first-order chi connectivity index (χ1) is 14.4. The summed E-state index contributed by atoms with van der Waals surface area (Å²) in [6, 6.07) is 7.82. The van der Waals surface area contributed by atoms with E-state index in [4.69, 9.17) is 11.5 Å². The summed E-state index contributed by atoms with van der Waals surface area (Å²) in [5.41, 5.74) is 12.8. The molecule has 0 aromatic heterocycles. The van der Waals surface area contributed by atoms with Gasteiger partial charge in [-0.3, -0.25) is 19.3 Å². The first kappa shape index (κ1) is 20.3. The fourth-order valence-electron chi connectivity index (χ4n) is 4.82. The van der Waals surface area contributed by atoms with Gasteiger partial charge in [0, 0.05) is 37.8 Å². The Balaban J connectivity index is 1.35. The van der Waals surface area contributed by atoms with Crippen LogP contribution in [0.15, 0.2) is 24.3 Å². The molecule has 4 rings (SSSR count). The molecule has 9 heteroatoms. The number of nitrogens with zero attached hydrogens (tertiary/aromatic N) is 4. The molecule has 3 saturated heterocycles. The van der Waals surface area contributed by atoms with Crippen molar-refractivity contribution in [2.75, 3.05) is 19.6 Å². The van der Waals surface area contributed by atoms with Gasteiger partial charge in [0.1, 0.15) is 6.04 Å². The predicted molar refractivity (Wildman–Crippen MR) is 108 cm³/mol. The van der Waals surface area contributed by atoms with Crippen molar-refractivity contribution in [3.05, 3.63) is 35.4 Å². The highest BCUT2D eigenvalue weighted by molar-refractivity contribution is 5.92. The average Bonchev–Trinajstić information content (AvgIpc) is 3.44. The Morgan fingerprint density at radius 2 is 2.00 bits per heavy atom. The molecule has 3 aliphatic rings. The highest BCUT2D eigenvalue weighted by Crippen LogP contribution is 2.33. The number of amides is 3. The number of hydrogen-bond acceptors (Lipinski definition) is 6. The number of nitrogens with two attached hydrogens (primary N) is 2. The predicted octanol–water partition coefficient (Wildman–Crippen LogP) is -0.588. The molecular weight excluding hydrogens is 384 g/mol. The number of nitriles is 1. The minimum atomic E-state index is -0.735. The third-order valence-electron chi connectivity index (χ3n) is 6.41. The van der Waals surface area contributed by atoms with Crippen LogP contribution in [0.5, 0.6) is 0 Å². The topological polar surface area (TPSA) is 137 Å². The van der Waals surface area contributed by atoms with E-state index < -0.39 is 18.0 Å². The third-order valence-corrected chi connectivity index (χ3v) is 6.41. The molecule has 1 aromatic carbocycles. The number of primary amides is 1. The summed E-state index contributed by atoms with van der Waals surface area (Å²) in [5, 5.41) is 9.20. The van der Waals surface area contributed by atoms with Crippen molar-refractivity contribution in [1.29, 1.82) is 5.26 Å².